The molecule has 3 amide bonds. The lowest BCUT2D eigenvalue weighted by molar-refractivity contribution is -0.133. The van der Waals surface area contributed by atoms with Gasteiger partial charge in [0, 0.05) is 65.0 Å². The van der Waals surface area contributed by atoms with Gasteiger partial charge in [0.2, 0.25) is 11.8 Å². The van der Waals surface area contributed by atoms with Crippen LogP contribution in [0.4, 0.5) is 4.39 Å². The minimum atomic E-state index is -0.389. The van der Waals surface area contributed by atoms with Crippen molar-refractivity contribution >= 4 is 17.7 Å². The van der Waals surface area contributed by atoms with Crippen LogP contribution in [0.15, 0.2) is 24.3 Å². The van der Waals surface area contributed by atoms with Crippen LogP contribution in [0.2, 0.25) is 0 Å². The molecule has 8 nitrogen and oxygen atoms in total. The van der Waals surface area contributed by atoms with Crippen molar-refractivity contribution in [3.8, 4) is 0 Å². The summed E-state index contributed by atoms with van der Waals surface area (Å²) in [5.74, 6) is -0.631. The van der Waals surface area contributed by atoms with Gasteiger partial charge in [0.05, 0.1) is 6.54 Å². The summed E-state index contributed by atoms with van der Waals surface area (Å²) in [6.07, 6.45) is 1.68. The zero-order chi connectivity index (χ0) is 21.8. The molecule has 1 saturated heterocycles. The molecule has 0 unspecified atom stereocenters. The minimum absolute atomic E-state index is 0.0113. The van der Waals surface area contributed by atoms with Gasteiger partial charge < -0.3 is 20.3 Å². The van der Waals surface area contributed by atoms with E-state index in [-0.39, 0.29) is 23.5 Å². The molecule has 2 rings (SSSR count). The molecule has 30 heavy (non-hydrogen) atoms. The van der Waals surface area contributed by atoms with E-state index in [1.165, 1.54) is 24.3 Å². The molecule has 1 aliphatic rings. The molecule has 0 atom stereocenters. The van der Waals surface area contributed by atoms with E-state index in [4.69, 9.17) is 4.74 Å². The van der Waals surface area contributed by atoms with Gasteiger partial charge in [-0.3, -0.25) is 19.3 Å². The van der Waals surface area contributed by atoms with E-state index in [9.17, 15) is 18.8 Å². The second kappa shape index (κ2) is 12.9. The summed E-state index contributed by atoms with van der Waals surface area (Å²) in [5.41, 5.74) is 0.390. The SMILES string of the molecule is COCCCNC(=O)CN1CCN(C(=O)CCCNC(=O)c2ccc(F)cc2)CC1. The van der Waals surface area contributed by atoms with Gasteiger partial charge in [-0.15, -0.1) is 0 Å². The summed E-state index contributed by atoms with van der Waals surface area (Å²) in [7, 11) is 1.63. The molecule has 1 heterocycles. The molecule has 0 radical (unpaired) electrons. The van der Waals surface area contributed by atoms with Crippen LogP contribution in [0.5, 0.6) is 0 Å². The summed E-state index contributed by atoms with van der Waals surface area (Å²) < 4.78 is 17.8. The number of piperazine rings is 1. The highest BCUT2D eigenvalue weighted by Gasteiger charge is 2.22. The summed E-state index contributed by atoms with van der Waals surface area (Å²) in [6.45, 7) is 4.46. The third kappa shape index (κ3) is 8.46. The predicted octanol–water partition coefficient (Wildman–Crippen LogP) is 0.633. The number of halogens is 1. The Bertz CT molecular complexity index is 691. The number of methoxy groups -OCH3 is 1. The molecule has 1 aliphatic heterocycles. The molecule has 0 aliphatic carbocycles. The quantitative estimate of drug-likeness (QED) is 0.511. The Morgan fingerprint density at radius 1 is 1.00 bits per heavy atom. The normalized spacial score (nSPS) is 14.4. The highest BCUT2D eigenvalue weighted by Crippen LogP contribution is 2.06. The maximum absolute atomic E-state index is 12.9. The van der Waals surface area contributed by atoms with Gasteiger partial charge in [-0.25, -0.2) is 4.39 Å². The first kappa shape index (κ1) is 23.8. The molecular weight excluding hydrogens is 391 g/mol. The third-order valence-electron chi connectivity index (χ3n) is 4.90. The Kier molecular flexibility index (Phi) is 10.2. The predicted molar refractivity (Wildman–Crippen MR) is 110 cm³/mol. The highest BCUT2D eigenvalue weighted by atomic mass is 19.1. The number of ether oxygens (including phenoxy) is 1. The zero-order valence-electron chi connectivity index (χ0n) is 17.5. The maximum atomic E-state index is 12.9. The van der Waals surface area contributed by atoms with E-state index >= 15 is 0 Å². The lowest BCUT2D eigenvalue weighted by atomic mass is 10.2. The third-order valence-corrected chi connectivity index (χ3v) is 4.90. The number of nitrogens with zero attached hydrogens (tertiary/aromatic N) is 2. The van der Waals surface area contributed by atoms with Gasteiger partial charge in [0.1, 0.15) is 5.82 Å². The van der Waals surface area contributed by atoms with Crippen molar-refractivity contribution in [3.63, 3.8) is 0 Å². The Morgan fingerprint density at radius 2 is 1.67 bits per heavy atom. The Balaban J connectivity index is 1.57. The van der Waals surface area contributed by atoms with Crippen LogP contribution in [-0.4, -0.2) is 87.1 Å². The van der Waals surface area contributed by atoms with Crippen molar-refractivity contribution in [2.75, 3.05) is 59.5 Å². The van der Waals surface area contributed by atoms with Crippen molar-refractivity contribution < 1.29 is 23.5 Å². The number of amides is 3. The van der Waals surface area contributed by atoms with Crippen LogP contribution in [-0.2, 0) is 14.3 Å². The summed E-state index contributed by atoms with van der Waals surface area (Å²) in [6, 6.07) is 5.33. The minimum Gasteiger partial charge on any atom is -0.385 e. The van der Waals surface area contributed by atoms with Gasteiger partial charge in [-0.05, 0) is 37.1 Å². The molecule has 1 fully saturated rings. The summed E-state index contributed by atoms with van der Waals surface area (Å²) in [4.78, 5) is 40.0. The van der Waals surface area contributed by atoms with Crippen molar-refractivity contribution in [2.45, 2.75) is 19.3 Å². The van der Waals surface area contributed by atoms with Crippen LogP contribution in [0, 0.1) is 5.82 Å². The molecule has 9 heteroatoms. The average Bonchev–Trinajstić information content (AvgIpc) is 2.75. The fraction of sp³-hybridized carbons (Fsp3) is 0.571. The van der Waals surface area contributed by atoms with Crippen molar-refractivity contribution in [1.82, 2.24) is 20.4 Å². The Labute approximate surface area is 176 Å². The molecular formula is C21H31FN4O4. The highest BCUT2D eigenvalue weighted by molar-refractivity contribution is 5.94. The summed E-state index contributed by atoms with van der Waals surface area (Å²) in [5, 5.41) is 5.60. The number of carbonyl (C=O) groups is 3. The molecule has 166 valence electrons. The average molecular weight is 423 g/mol. The zero-order valence-corrected chi connectivity index (χ0v) is 17.5. The Hall–Kier alpha value is -2.52. The Morgan fingerprint density at radius 3 is 2.33 bits per heavy atom. The molecule has 0 bridgehead atoms. The molecule has 2 N–H and O–H groups in total. The van der Waals surface area contributed by atoms with E-state index < -0.39 is 0 Å². The van der Waals surface area contributed by atoms with E-state index in [1.807, 2.05) is 4.90 Å². The smallest absolute Gasteiger partial charge is 0.251 e. The van der Waals surface area contributed by atoms with Gasteiger partial charge in [-0.1, -0.05) is 0 Å². The second-order valence-corrected chi connectivity index (χ2v) is 7.22. The standard InChI is InChI=1S/C21H31FN4O4/c1-30-15-3-10-23-19(27)16-25-11-13-26(14-12-25)20(28)4-2-9-24-21(29)17-5-7-18(22)8-6-17/h5-8H,2-4,9-16H2,1H3,(H,23,27)(H,24,29). The molecule has 0 aromatic heterocycles. The summed E-state index contributed by atoms with van der Waals surface area (Å²) >= 11 is 0. The van der Waals surface area contributed by atoms with Gasteiger partial charge in [0.15, 0.2) is 0 Å². The van der Waals surface area contributed by atoms with Crippen LogP contribution in [0.3, 0.4) is 0 Å². The van der Waals surface area contributed by atoms with Crippen LogP contribution < -0.4 is 10.6 Å². The van der Waals surface area contributed by atoms with E-state index in [0.29, 0.717) is 70.8 Å². The number of hydrogen-bond acceptors (Lipinski definition) is 5. The lowest BCUT2D eigenvalue weighted by Crippen LogP contribution is -2.51. The van der Waals surface area contributed by atoms with Gasteiger partial charge in [-0.2, -0.15) is 0 Å². The molecule has 0 spiro atoms. The number of hydrogen-bond donors (Lipinski definition) is 2. The molecule has 1 aromatic carbocycles. The fourth-order valence-electron chi connectivity index (χ4n) is 3.16. The largest absolute Gasteiger partial charge is 0.385 e. The second-order valence-electron chi connectivity index (χ2n) is 7.22. The first-order valence-corrected chi connectivity index (χ1v) is 10.3. The molecule has 0 saturated carbocycles. The molecule has 1 aromatic rings. The van der Waals surface area contributed by atoms with E-state index in [2.05, 4.69) is 10.6 Å². The first-order chi connectivity index (χ1) is 14.5. The number of carbonyl (C=O) groups excluding carboxylic acids is 3. The van der Waals surface area contributed by atoms with Gasteiger partial charge >= 0.3 is 0 Å². The van der Waals surface area contributed by atoms with Crippen LogP contribution in [0.25, 0.3) is 0 Å². The number of rotatable bonds is 11. The van der Waals surface area contributed by atoms with Crippen molar-refractivity contribution in [1.29, 1.82) is 0 Å². The van der Waals surface area contributed by atoms with Crippen molar-refractivity contribution in [2.24, 2.45) is 0 Å². The van der Waals surface area contributed by atoms with Crippen LogP contribution in [0.1, 0.15) is 29.6 Å². The van der Waals surface area contributed by atoms with Crippen molar-refractivity contribution in [3.05, 3.63) is 35.6 Å². The monoisotopic (exact) mass is 422 g/mol. The van der Waals surface area contributed by atoms with Crippen LogP contribution >= 0.6 is 0 Å². The lowest BCUT2D eigenvalue weighted by Gasteiger charge is -2.34. The number of nitrogens with one attached hydrogen (secondary N) is 2. The van der Waals surface area contributed by atoms with E-state index in [1.54, 1.807) is 12.0 Å². The fourth-order valence-corrected chi connectivity index (χ4v) is 3.16. The maximum Gasteiger partial charge on any atom is 0.251 e. The van der Waals surface area contributed by atoms with E-state index in [0.717, 1.165) is 6.42 Å². The van der Waals surface area contributed by atoms with Gasteiger partial charge in [0.25, 0.3) is 5.91 Å². The topological polar surface area (TPSA) is 91.0 Å². The number of benzene rings is 1. The first-order valence-electron chi connectivity index (χ1n) is 10.3.